The molecule has 2 heterocycles. The molecule has 1 saturated heterocycles. The van der Waals surface area contributed by atoms with Gasteiger partial charge in [0.25, 0.3) is 0 Å². The summed E-state index contributed by atoms with van der Waals surface area (Å²) in [5.74, 6) is 1.72. The number of nitrogens with zero attached hydrogens (tertiary/aromatic N) is 1. The van der Waals surface area contributed by atoms with Crippen LogP contribution in [0.25, 0.3) is 0 Å². The second-order valence-corrected chi connectivity index (χ2v) is 4.03. The molecule has 2 rings (SSSR count). The van der Waals surface area contributed by atoms with Crippen molar-refractivity contribution in [3.63, 3.8) is 0 Å². The molecule has 1 atom stereocenters. The SMILES string of the molecule is c1cc(OCCC2CCCNC2)ccn1. The fraction of sp³-hybridized carbons (Fsp3) is 0.583. The zero-order valence-corrected chi connectivity index (χ0v) is 8.98. The van der Waals surface area contributed by atoms with Crippen molar-refractivity contribution >= 4 is 0 Å². The molecule has 0 aromatic carbocycles. The first kappa shape index (κ1) is 10.4. The first-order valence-electron chi connectivity index (χ1n) is 5.69. The Balaban J connectivity index is 1.66. The second kappa shape index (κ2) is 5.71. The topological polar surface area (TPSA) is 34.1 Å². The molecule has 1 aliphatic heterocycles. The number of hydrogen-bond donors (Lipinski definition) is 1. The Morgan fingerprint density at radius 1 is 1.40 bits per heavy atom. The standard InChI is InChI=1S/C12H18N2O/c1-2-11(10-14-6-1)5-9-15-12-3-7-13-8-4-12/h3-4,7-8,11,14H,1-2,5-6,9-10H2. The normalized spacial score (nSPS) is 21.2. The molecule has 0 bridgehead atoms. The quantitative estimate of drug-likeness (QED) is 0.816. The highest BCUT2D eigenvalue weighted by atomic mass is 16.5. The Hall–Kier alpha value is -1.09. The largest absolute Gasteiger partial charge is 0.493 e. The van der Waals surface area contributed by atoms with Crippen molar-refractivity contribution in [2.45, 2.75) is 19.3 Å². The number of nitrogens with one attached hydrogen (secondary N) is 1. The first-order chi connectivity index (χ1) is 7.45. The minimum absolute atomic E-state index is 0.792. The van der Waals surface area contributed by atoms with Crippen LogP contribution < -0.4 is 10.1 Å². The summed E-state index contributed by atoms with van der Waals surface area (Å²) in [4.78, 5) is 3.95. The van der Waals surface area contributed by atoms with E-state index in [1.807, 2.05) is 12.1 Å². The number of aromatic nitrogens is 1. The van der Waals surface area contributed by atoms with Gasteiger partial charge in [-0.25, -0.2) is 0 Å². The fourth-order valence-electron chi connectivity index (χ4n) is 1.95. The van der Waals surface area contributed by atoms with Gasteiger partial charge in [0.1, 0.15) is 5.75 Å². The molecule has 3 nitrogen and oxygen atoms in total. The molecular formula is C12H18N2O. The van der Waals surface area contributed by atoms with Gasteiger partial charge in [-0.3, -0.25) is 4.98 Å². The zero-order valence-electron chi connectivity index (χ0n) is 8.98. The average molecular weight is 206 g/mol. The molecule has 3 heteroatoms. The predicted octanol–water partition coefficient (Wildman–Crippen LogP) is 1.85. The Morgan fingerprint density at radius 3 is 3.00 bits per heavy atom. The van der Waals surface area contributed by atoms with Crippen molar-refractivity contribution in [1.82, 2.24) is 10.3 Å². The lowest BCUT2D eigenvalue weighted by atomic mass is 9.97. The lowest BCUT2D eigenvalue weighted by Gasteiger charge is -2.22. The van der Waals surface area contributed by atoms with E-state index >= 15 is 0 Å². The Bertz CT molecular complexity index is 270. The van der Waals surface area contributed by atoms with Gasteiger partial charge in [-0.15, -0.1) is 0 Å². The van der Waals surface area contributed by atoms with Crippen LogP contribution in [0.5, 0.6) is 5.75 Å². The van der Waals surface area contributed by atoms with Crippen molar-refractivity contribution in [3.05, 3.63) is 24.5 Å². The van der Waals surface area contributed by atoms with E-state index in [4.69, 9.17) is 4.74 Å². The average Bonchev–Trinajstić information content (AvgIpc) is 2.32. The van der Waals surface area contributed by atoms with Crippen LogP contribution in [0, 0.1) is 5.92 Å². The summed E-state index contributed by atoms with van der Waals surface area (Å²) in [6, 6.07) is 3.80. The molecule has 1 aliphatic rings. The van der Waals surface area contributed by atoms with Gasteiger partial charge in [-0.2, -0.15) is 0 Å². The van der Waals surface area contributed by atoms with Crippen LogP contribution in [0.2, 0.25) is 0 Å². The van der Waals surface area contributed by atoms with E-state index in [2.05, 4.69) is 10.3 Å². The maximum absolute atomic E-state index is 5.64. The minimum atomic E-state index is 0.792. The van der Waals surface area contributed by atoms with Crippen molar-refractivity contribution in [3.8, 4) is 5.75 Å². The van der Waals surface area contributed by atoms with E-state index in [0.717, 1.165) is 31.2 Å². The minimum Gasteiger partial charge on any atom is -0.493 e. The van der Waals surface area contributed by atoms with E-state index in [-0.39, 0.29) is 0 Å². The van der Waals surface area contributed by atoms with Gasteiger partial charge in [0, 0.05) is 12.4 Å². The molecule has 1 aromatic rings. The fourth-order valence-corrected chi connectivity index (χ4v) is 1.95. The number of ether oxygens (including phenoxy) is 1. The molecule has 0 amide bonds. The van der Waals surface area contributed by atoms with Crippen LogP contribution in [-0.4, -0.2) is 24.7 Å². The summed E-state index contributed by atoms with van der Waals surface area (Å²) in [6.07, 6.45) is 7.32. The van der Waals surface area contributed by atoms with Gasteiger partial charge in [-0.05, 0) is 50.4 Å². The number of hydrogen-bond acceptors (Lipinski definition) is 3. The maximum Gasteiger partial charge on any atom is 0.122 e. The molecule has 1 N–H and O–H groups in total. The Labute approximate surface area is 90.9 Å². The van der Waals surface area contributed by atoms with E-state index in [9.17, 15) is 0 Å². The maximum atomic E-state index is 5.64. The second-order valence-electron chi connectivity index (χ2n) is 4.03. The molecule has 0 radical (unpaired) electrons. The predicted molar refractivity (Wildman–Crippen MR) is 59.9 cm³/mol. The summed E-state index contributed by atoms with van der Waals surface area (Å²) in [5, 5.41) is 3.42. The van der Waals surface area contributed by atoms with Crippen LogP contribution in [0.3, 0.4) is 0 Å². The third-order valence-electron chi connectivity index (χ3n) is 2.84. The number of pyridine rings is 1. The molecule has 1 aromatic heterocycles. The molecule has 82 valence electrons. The number of piperidine rings is 1. The molecule has 0 saturated carbocycles. The highest BCUT2D eigenvalue weighted by Crippen LogP contribution is 2.15. The summed E-state index contributed by atoms with van der Waals surface area (Å²) >= 11 is 0. The van der Waals surface area contributed by atoms with Crippen molar-refractivity contribution < 1.29 is 4.74 Å². The summed E-state index contributed by atoms with van der Waals surface area (Å²) < 4.78 is 5.64. The van der Waals surface area contributed by atoms with Crippen LogP contribution in [-0.2, 0) is 0 Å². The Kier molecular flexibility index (Phi) is 3.97. The molecule has 15 heavy (non-hydrogen) atoms. The van der Waals surface area contributed by atoms with E-state index < -0.39 is 0 Å². The van der Waals surface area contributed by atoms with Crippen LogP contribution in [0.1, 0.15) is 19.3 Å². The molecular weight excluding hydrogens is 188 g/mol. The van der Waals surface area contributed by atoms with Gasteiger partial charge in [0.05, 0.1) is 6.61 Å². The lowest BCUT2D eigenvalue weighted by Crippen LogP contribution is -2.30. The molecule has 1 unspecified atom stereocenters. The van der Waals surface area contributed by atoms with Crippen molar-refractivity contribution in [2.24, 2.45) is 5.92 Å². The van der Waals surface area contributed by atoms with Gasteiger partial charge in [-0.1, -0.05) is 0 Å². The van der Waals surface area contributed by atoms with E-state index in [1.165, 1.54) is 19.4 Å². The molecule has 0 aliphatic carbocycles. The highest BCUT2D eigenvalue weighted by Gasteiger charge is 2.12. The monoisotopic (exact) mass is 206 g/mol. The lowest BCUT2D eigenvalue weighted by molar-refractivity contribution is 0.254. The first-order valence-corrected chi connectivity index (χ1v) is 5.69. The smallest absolute Gasteiger partial charge is 0.122 e. The zero-order chi connectivity index (χ0) is 10.3. The summed E-state index contributed by atoms with van der Waals surface area (Å²) in [7, 11) is 0. The van der Waals surface area contributed by atoms with Gasteiger partial charge in [0.2, 0.25) is 0 Å². The van der Waals surface area contributed by atoms with Crippen LogP contribution in [0.4, 0.5) is 0 Å². The molecule has 0 spiro atoms. The van der Waals surface area contributed by atoms with E-state index in [1.54, 1.807) is 12.4 Å². The molecule has 1 fully saturated rings. The van der Waals surface area contributed by atoms with Gasteiger partial charge < -0.3 is 10.1 Å². The van der Waals surface area contributed by atoms with Gasteiger partial charge in [0.15, 0.2) is 0 Å². The summed E-state index contributed by atoms with van der Waals surface area (Å²) in [6.45, 7) is 3.15. The van der Waals surface area contributed by atoms with Gasteiger partial charge >= 0.3 is 0 Å². The van der Waals surface area contributed by atoms with Crippen molar-refractivity contribution in [2.75, 3.05) is 19.7 Å². The van der Waals surface area contributed by atoms with E-state index in [0.29, 0.717) is 0 Å². The third kappa shape index (κ3) is 3.51. The third-order valence-corrected chi connectivity index (χ3v) is 2.84. The van der Waals surface area contributed by atoms with Crippen LogP contribution >= 0.6 is 0 Å². The highest BCUT2D eigenvalue weighted by molar-refractivity contribution is 5.16. The van der Waals surface area contributed by atoms with Crippen LogP contribution in [0.15, 0.2) is 24.5 Å². The summed E-state index contributed by atoms with van der Waals surface area (Å²) in [5.41, 5.74) is 0. The Morgan fingerprint density at radius 2 is 2.27 bits per heavy atom. The van der Waals surface area contributed by atoms with Crippen molar-refractivity contribution in [1.29, 1.82) is 0 Å². The number of rotatable bonds is 4.